The van der Waals surface area contributed by atoms with E-state index in [9.17, 15) is 23.9 Å². The fourth-order valence-electron chi connectivity index (χ4n) is 4.71. The molecule has 0 bridgehead atoms. The second-order valence-electron chi connectivity index (χ2n) is 11.1. The van der Waals surface area contributed by atoms with E-state index >= 15 is 0 Å². The average molecular weight is 669 g/mol. The molecule has 0 spiro atoms. The van der Waals surface area contributed by atoms with E-state index in [0.29, 0.717) is 25.3 Å². The number of hydrogen-bond acceptors (Lipinski definition) is 9. The fourth-order valence-corrected chi connectivity index (χ4v) is 6.06. The van der Waals surface area contributed by atoms with Crippen LogP contribution in [0.15, 0.2) is 0 Å². The van der Waals surface area contributed by atoms with E-state index in [1.54, 1.807) is 11.8 Å². The molecule has 244 valence electrons. The number of esters is 1. The number of rotatable bonds is 33. The second-order valence-corrected chi connectivity index (χ2v) is 13.4. The van der Waals surface area contributed by atoms with Crippen LogP contribution in [0.5, 0.6) is 0 Å². The van der Waals surface area contributed by atoms with Crippen LogP contribution in [0.25, 0.3) is 0 Å². The van der Waals surface area contributed by atoms with Gasteiger partial charge in [0.2, 0.25) is 0 Å². The smallest absolute Gasteiger partial charge is 0.790 e. The van der Waals surface area contributed by atoms with Crippen LogP contribution >= 0.6 is 19.6 Å². The van der Waals surface area contributed by atoms with Crippen molar-refractivity contribution in [2.45, 2.75) is 161 Å². The number of thioether (sulfide) groups is 1. The van der Waals surface area contributed by atoms with Crippen molar-refractivity contribution in [2.24, 2.45) is 0 Å². The van der Waals surface area contributed by atoms with Gasteiger partial charge in [-0.3, -0.25) is 9.59 Å². The Bertz CT molecular complexity index is 643. The molecule has 43 heavy (non-hydrogen) atoms. The molecule has 0 saturated carbocycles. The molecule has 0 aromatic carbocycles. The molecule has 0 fully saturated rings. The standard InChI is InChI=1S/C31H61O8PS.2Na/c1-2-3-4-5-6-7-12-15-18-21-24-31(33)39-30(27-38-40(34,35)36)28-41-26-23-20-17-14-11-9-8-10-13-16-19-22-25-37-29-32;;/h29-30H,2-28H2,1H3,(H2,34,35,36);;/q;2*+1/p-2/t30-;;/m1../s1. The summed E-state index contributed by atoms with van der Waals surface area (Å²) < 4.78 is 25.5. The van der Waals surface area contributed by atoms with Crippen molar-refractivity contribution >= 4 is 32.0 Å². The maximum atomic E-state index is 12.3. The van der Waals surface area contributed by atoms with Gasteiger partial charge in [0, 0.05) is 12.2 Å². The quantitative estimate of drug-likeness (QED) is 0.0338. The third-order valence-electron chi connectivity index (χ3n) is 7.12. The van der Waals surface area contributed by atoms with Crippen molar-refractivity contribution in [3.63, 3.8) is 0 Å². The summed E-state index contributed by atoms with van der Waals surface area (Å²) >= 11 is 1.61. The topological polar surface area (TPSA) is 125 Å². The predicted molar refractivity (Wildman–Crippen MR) is 165 cm³/mol. The van der Waals surface area contributed by atoms with Gasteiger partial charge in [0.15, 0.2) is 0 Å². The van der Waals surface area contributed by atoms with Crippen LogP contribution in [0, 0.1) is 0 Å². The summed E-state index contributed by atoms with van der Waals surface area (Å²) in [5, 5.41) is 0. The minimum absolute atomic E-state index is 0. The van der Waals surface area contributed by atoms with Crippen molar-refractivity contribution in [3.8, 4) is 0 Å². The van der Waals surface area contributed by atoms with E-state index < -0.39 is 20.5 Å². The SMILES string of the molecule is CCCCCCCCCCCCC(=O)O[C@H](COP(=O)([O-])[O-])CSCCCCCCCCCCCCCCOC=O.[Na+].[Na+]. The van der Waals surface area contributed by atoms with Crippen LogP contribution in [-0.4, -0.2) is 43.3 Å². The van der Waals surface area contributed by atoms with E-state index in [0.717, 1.165) is 50.7 Å². The molecule has 0 radical (unpaired) electrons. The molecule has 1 atom stereocenters. The number of ether oxygens (including phenoxy) is 2. The van der Waals surface area contributed by atoms with Gasteiger partial charge in [-0.2, -0.15) is 11.8 Å². The minimum atomic E-state index is -5.10. The van der Waals surface area contributed by atoms with E-state index in [-0.39, 0.29) is 65.1 Å². The van der Waals surface area contributed by atoms with Crippen molar-refractivity contribution in [2.75, 3.05) is 24.7 Å². The third kappa shape index (κ3) is 41.4. The monoisotopic (exact) mass is 668 g/mol. The normalized spacial score (nSPS) is 11.8. The Hall–Kier alpha value is 1.40. The molecule has 0 aromatic rings. The number of unbranched alkanes of at least 4 members (excludes halogenated alkanes) is 20. The number of phosphoric acid groups is 1. The molecule has 0 unspecified atom stereocenters. The average Bonchev–Trinajstić information content (AvgIpc) is 2.93. The zero-order chi connectivity index (χ0) is 30.3. The van der Waals surface area contributed by atoms with Gasteiger partial charge in [-0.25, -0.2) is 0 Å². The Morgan fingerprint density at radius 3 is 1.63 bits per heavy atom. The molecule has 12 heteroatoms. The summed E-state index contributed by atoms with van der Waals surface area (Å²) in [4.78, 5) is 44.2. The molecule has 0 heterocycles. The molecule has 0 aromatic heterocycles. The Morgan fingerprint density at radius 2 is 1.16 bits per heavy atom. The van der Waals surface area contributed by atoms with Crippen LogP contribution in [-0.2, 0) is 28.2 Å². The molecule has 0 rings (SSSR count). The molecule has 0 aliphatic carbocycles. The fraction of sp³-hybridized carbons (Fsp3) is 0.935. The summed E-state index contributed by atoms with van der Waals surface area (Å²) in [6, 6.07) is 0. The Morgan fingerprint density at radius 1 is 0.721 bits per heavy atom. The largest absolute Gasteiger partial charge is 1.00 e. The van der Waals surface area contributed by atoms with E-state index in [2.05, 4.69) is 16.2 Å². The van der Waals surface area contributed by atoms with Gasteiger partial charge in [-0.05, 0) is 25.0 Å². The molecule has 8 nitrogen and oxygen atoms in total. The minimum Gasteiger partial charge on any atom is -0.790 e. The van der Waals surface area contributed by atoms with Gasteiger partial charge in [-0.1, -0.05) is 129 Å². The molecule has 0 N–H and O–H groups in total. The maximum absolute atomic E-state index is 12.3. The molecular formula is C31H59Na2O8PS. The number of carbonyl (C=O) groups is 2. The Labute approximate surface area is 311 Å². The predicted octanol–water partition coefficient (Wildman–Crippen LogP) is 1.65. The summed E-state index contributed by atoms with van der Waals surface area (Å²) in [5.41, 5.74) is 0. The number of carbonyl (C=O) groups excluding carboxylic acids is 2. The van der Waals surface area contributed by atoms with E-state index in [1.165, 1.54) is 96.3 Å². The van der Waals surface area contributed by atoms with Crippen LogP contribution < -0.4 is 68.9 Å². The molecule has 0 saturated heterocycles. The van der Waals surface area contributed by atoms with Crippen LogP contribution in [0.3, 0.4) is 0 Å². The summed E-state index contributed by atoms with van der Waals surface area (Å²) in [7, 11) is -5.10. The summed E-state index contributed by atoms with van der Waals surface area (Å²) in [6.07, 6.45) is 25.7. The molecule has 0 amide bonds. The van der Waals surface area contributed by atoms with Gasteiger partial charge in [0.05, 0.1) is 21.0 Å². The van der Waals surface area contributed by atoms with Gasteiger partial charge >= 0.3 is 65.1 Å². The number of hydrogen-bond donors (Lipinski definition) is 0. The first kappa shape index (κ1) is 48.8. The van der Waals surface area contributed by atoms with Gasteiger partial charge in [0.25, 0.3) is 6.47 Å². The molecular weight excluding hydrogens is 609 g/mol. The van der Waals surface area contributed by atoms with Gasteiger partial charge < -0.3 is 28.3 Å². The first-order chi connectivity index (χ1) is 19.9. The number of phosphoric ester groups is 1. The summed E-state index contributed by atoms with van der Waals surface area (Å²) in [6.45, 7) is 2.87. The van der Waals surface area contributed by atoms with Crippen LogP contribution in [0.1, 0.15) is 155 Å². The Balaban J connectivity index is -0.00000800. The van der Waals surface area contributed by atoms with Crippen LogP contribution in [0.4, 0.5) is 0 Å². The van der Waals surface area contributed by atoms with Crippen molar-refractivity contribution in [3.05, 3.63) is 0 Å². The van der Waals surface area contributed by atoms with Crippen LogP contribution in [0.2, 0.25) is 0 Å². The van der Waals surface area contributed by atoms with E-state index in [1.807, 2.05) is 0 Å². The molecule has 0 aliphatic heterocycles. The zero-order valence-electron chi connectivity index (χ0n) is 27.9. The van der Waals surface area contributed by atoms with E-state index in [4.69, 9.17) is 4.74 Å². The first-order valence-electron chi connectivity index (χ1n) is 16.4. The van der Waals surface area contributed by atoms with Crippen molar-refractivity contribution < 1.29 is 97.1 Å². The van der Waals surface area contributed by atoms with Crippen molar-refractivity contribution in [1.29, 1.82) is 0 Å². The van der Waals surface area contributed by atoms with Gasteiger partial charge in [-0.15, -0.1) is 0 Å². The third-order valence-corrected chi connectivity index (χ3v) is 8.77. The first-order valence-corrected chi connectivity index (χ1v) is 19.0. The zero-order valence-corrected chi connectivity index (χ0v) is 33.6. The van der Waals surface area contributed by atoms with Crippen molar-refractivity contribution in [1.82, 2.24) is 0 Å². The Kier molecular flexibility index (Phi) is 43.0. The second kappa shape index (κ2) is 37.9. The van der Waals surface area contributed by atoms with Gasteiger partial charge in [0.1, 0.15) is 6.10 Å². The maximum Gasteiger partial charge on any atom is 1.00 e. The summed E-state index contributed by atoms with van der Waals surface area (Å²) in [5.74, 6) is 0.972. The molecule has 0 aliphatic rings.